The third-order valence-electron chi connectivity index (χ3n) is 2.85. The van der Waals surface area contributed by atoms with Crippen molar-refractivity contribution in [3.8, 4) is 0 Å². The summed E-state index contributed by atoms with van der Waals surface area (Å²) in [7, 11) is 0. The molecule has 2 atom stereocenters. The first-order valence-corrected chi connectivity index (χ1v) is 5.46. The van der Waals surface area contributed by atoms with Crippen molar-refractivity contribution in [2.45, 2.75) is 24.1 Å². The van der Waals surface area contributed by atoms with Gasteiger partial charge in [-0.1, -0.05) is 30.3 Å². The summed E-state index contributed by atoms with van der Waals surface area (Å²) in [6, 6.07) is 9.54. The van der Waals surface area contributed by atoms with Gasteiger partial charge < -0.3 is 15.9 Å². The zero-order chi connectivity index (χ0) is 15.6. The van der Waals surface area contributed by atoms with Crippen molar-refractivity contribution in [2.24, 2.45) is 5.73 Å². The topological polar surface area (TPSA) is 101 Å². The zero-order valence-electron chi connectivity index (χ0n) is 10.1. The van der Waals surface area contributed by atoms with Gasteiger partial charge in [0, 0.05) is 5.92 Å². The SMILES string of the molecule is NC1(C(=O)O)CC1c1ccccc1.O=C(O)C(F)(F)F. The minimum Gasteiger partial charge on any atom is -0.480 e. The van der Waals surface area contributed by atoms with Crippen LogP contribution in [0.15, 0.2) is 30.3 Å². The largest absolute Gasteiger partial charge is 0.490 e. The molecule has 0 spiro atoms. The maximum Gasteiger partial charge on any atom is 0.490 e. The number of alkyl halides is 3. The van der Waals surface area contributed by atoms with E-state index in [0.29, 0.717) is 6.42 Å². The van der Waals surface area contributed by atoms with Crippen molar-refractivity contribution in [3.63, 3.8) is 0 Å². The summed E-state index contributed by atoms with van der Waals surface area (Å²) in [5, 5.41) is 15.9. The molecule has 0 bridgehead atoms. The molecule has 1 aromatic carbocycles. The highest BCUT2D eigenvalue weighted by Gasteiger charge is 2.58. The first kappa shape index (κ1) is 16.0. The molecule has 0 aliphatic heterocycles. The number of benzene rings is 1. The molecule has 1 fully saturated rings. The van der Waals surface area contributed by atoms with Crippen LogP contribution in [0.25, 0.3) is 0 Å². The summed E-state index contributed by atoms with van der Waals surface area (Å²) in [6.45, 7) is 0. The molecular formula is C12H12F3NO4. The number of aliphatic carboxylic acids is 2. The molecule has 1 aliphatic rings. The van der Waals surface area contributed by atoms with Crippen molar-refractivity contribution >= 4 is 11.9 Å². The molecule has 5 nitrogen and oxygen atoms in total. The second-order valence-electron chi connectivity index (χ2n) is 4.32. The second-order valence-corrected chi connectivity index (χ2v) is 4.32. The quantitative estimate of drug-likeness (QED) is 0.768. The number of nitrogens with two attached hydrogens (primary N) is 1. The molecular weight excluding hydrogens is 279 g/mol. The molecule has 0 saturated heterocycles. The summed E-state index contributed by atoms with van der Waals surface area (Å²) in [5.41, 5.74) is 5.67. The van der Waals surface area contributed by atoms with Crippen LogP contribution in [0.5, 0.6) is 0 Å². The lowest BCUT2D eigenvalue weighted by atomic mass is 10.1. The molecule has 2 rings (SSSR count). The van der Waals surface area contributed by atoms with Gasteiger partial charge >= 0.3 is 18.1 Å². The third kappa shape index (κ3) is 3.70. The first-order chi connectivity index (χ1) is 9.09. The Hall–Kier alpha value is -2.09. The fourth-order valence-corrected chi connectivity index (χ4v) is 1.62. The van der Waals surface area contributed by atoms with E-state index in [1.807, 2.05) is 30.3 Å². The van der Waals surface area contributed by atoms with Crippen LogP contribution in [0.4, 0.5) is 13.2 Å². The smallest absolute Gasteiger partial charge is 0.480 e. The average molecular weight is 291 g/mol. The third-order valence-corrected chi connectivity index (χ3v) is 2.85. The Balaban J connectivity index is 0.000000246. The van der Waals surface area contributed by atoms with Crippen molar-refractivity contribution in [1.29, 1.82) is 0 Å². The van der Waals surface area contributed by atoms with E-state index in [-0.39, 0.29) is 5.92 Å². The van der Waals surface area contributed by atoms with Crippen LogP contribution in [-0.2, 0) is 9.59 Å². The van der Waals surface area contributed by atoms with Crippen LogP contribution in [0.2, 0.25) is 0 Å². The Morgan fingerprint density at radius 1 is 1.20 bits per heavy atom. The Morgan fingerprint density at radius 2 is 1.65 bits per heavy atom. The molecule has 0 heterocycles. The molecule has 0 amide bonds. The van der Waals surface area contributed by atoms with Crippen LogP contribution < -0.4 is 5.73 Å². The van der Waals surface area contributed by atoms with Crippen molar-refractivity contribution in [2.75, 3.05) is 0 Å². The maximum absolute atomic E-state index is 10.7. The lowest BCUT2D eigenvalue weighted by molar-refractivity contribution is -0.192. The van der Waals surface area contributed by atoms with Gasteiger partial charge in [-0.05, 0) is 12.0 Å². The van der Waals surface area contributed by atoms with Gasteiger partial charge in [0.15, 0.2) is 0 Å². The highest BCUT2D eigenvalue weighted by Crippen LogP contribution is 2.49. The standard InChI is InChI=1S/C10H11NO2.C2HF3O2/c11-10(9(12)13)6-8(10)7-4-2-1-3-5-7;3-2(4,5)1(6)7/h1-5,8H,6,11H2,(H,12,13);(H,6,7). The van der Waals surface area contributed by atoms with Gasteiger partial charge in [0.05, 0.1) is 0 Å². The van der Waals surface area contributed by atoms with Gasteiger partial charge in [-0.2, -0.15) is 13.2 Å². The highest BCUT2D eigenvalue weighted by atomic mass is 19.4. The molecule has 0 aromatic heterocycles. The molecule has 8 heteroatoms. The molecule has 110 valence electrons. The van der Waals surface area contributed by atoms with Crippen molar-refractivity contribution in [3.05, 3.63) is 35.9 Å². The van der Waals surface area contributed by atoms with Crippen LogP contribution >= 0.6 is 0 Å². The molecule has 1 aliphatic carbocycles. The summed E-state index contributed by atoms with van der Waals surface area (Å²) in [6.07, 6.45) is -4.54. The van der Waals surface area contributed by atoms with Crippen LogP contribution in [0.3, 0.4) is 0 Å². The van der Waals surface area contributed by atoms with E-state index in [9.17, 15) is 18.0 Å². The molecule has 0 radical (unpaired) electrons. The lowest BCUT2D eigenvalue weighted by Gasteiger charge is -2.04. The summed E-state index contributed by atoms with van der Waals surface area (Å²) in [4.78, 5) is 19.6. The average Bonchev–Trinajstić information content (AvgIpc) is 3.04. The minimum atomic E-state index is -5.08. The Labute approximate surface area is 111 Å². The van der Waals surface area contributed by atoms with Gasteiger partial charge in [-0.3, -0.25) is 4.79 Å². The number of carboxylic acids is 2. The Morgan fingerprint density at radius 3 is 1.95 bits per heavy atom. The molecule has 1 aromatic rings. The van der Waals surface area contributed by atoms with Gasteiger partial charge in [-0.15, -0.1) is 0 Å². The number of carbonyl (C=O) groups is 2. The predicted octanol–water partition coefficient (Wildman–Crippen LogP) is 1.59. The van der Waals surface area contributed by atoms with Gasteiger partial charge in [-0.25, -0.2) is 4.79 Å². The molecule has 20 heavy (non-hydrogen) atoms. The monoisotopic (exact) mass is 291 g/mol. The predicted molar refractivity (Wildman–Crippen MR) is 62.0 cm³/mol. The van der Waals surface area contributed by atoms with E-state index < -0.39 is 23.7 Å². The van der Waals surface area contributed by atoms with Crippen LogP contribution in [0, 0.1) is 0 Å². The number of carboxylic acid groups (broad SMARTS) is 2. The number of halogens is 3. The van der Waals surface area contributed by atoms with E-state index in [0.717, 1.165) is 5.56 Å². The number of hydrogen-bond acceptors (Lipinski definition) is 3. The van der Waals surface area contributed by atoms with Gasteiger partial charge in [0.1, 0.15) is 5.54 Å². The van der Waals surface area contributed by atoms with E-state index in [1.165, 1.54) is 0 Å². The molecule has 1 saturated carbocycles. The zero-order valence-corrected chi connectivity index (χ0v) is 10.1. The van der Waals surface area contributed by atoms with E-state index in [4.69, 9.17) is 20.7 Å². The maximum atomic E-state index is 10.7. The summed E-state index contributed by atoms with van der Waals surface area (Å²) >= 11 is 0. The lowest BCUT2D eigenvalue weighted by Crippen LogP contribution is -2.34. The summed E-state index contributed by atoms with van der Waals surface area (Å²) < 4.78 is 31.7. The summed E-state index contributed by atoms with van der Waals surface area (Å²) in [5.74, 6) is -3.67. The normalized spacial score (nSPS) is 24.3. The van der Waals surface area contributed by atoms with E-state index in [1.54, 1.807) is 0 Å². The Kier molecular flexibility index (Phi) is 4.39. The van der Waals surface area contributed by atoms with Gasteiger partial charge in [0.25, 0.3) is 0 Å². The highest BCUT2D eigenvalue weighted by molar-refractivity contribution is 5.84. The number of rotatable bonds is 2. The van der Waals surface area contributed by atoms with E-state index >= 15 is 0 Å². The van der Waals surface area contributed by atoms with Crippen LogP contribution in [-0.4, -0.2) is 33.9 Å². The fraction of sp³-hybridized carbons (Fsp3) is 0.333. The van der Waals surface area contributed by atoms with Crippen LogP contribution in [0.1, 0.15) is 17.9 Å². The van der Waals surface area contributed by atoms with Gasteiger partial charge in [0.2, 0.25) is 0 Å². The van der Waals surface area contributed by atoms with Crippen molar-refractivity contribution < 1.29 is 33.0 Å². The number of hydrogen-bond donors (Lipinski definition) is 3. The molecule has 2 unspecified atom stereocenters. The first-order valence-electron chi connectivity index (χ1n) is 5.46. The minimum absolute atomic E-state index is 0.00815. The Bertz CT molecular complexity index is 503. The van der Waals surface area contributed by atoms with Crippen molar-refractivity contribution in [1.82, 2.24) is 0 Å². The molecule has 4 N–H and O–H groups in total. The fourth-order valence-electron chi connectivity index (χ4n) is 1.62. The second kappa shape index (κ2) is 5.49. The van der Waals surface area contributed by atoms with E-state index in [2.05, 4.69) is 0 Å².